The number of piperidine rings is 1. The molecular weight excluding hydrogens is 814 g/mol. The van der Waals surface area contributed by atoms with Gasteiger partial charge in [0.25, 0.3) is 5.91 Å². The number of morpholine rings is 1. The Morgan fingerprint density at radius 2 is 1.76 bits per heavy atom. The van der Waals surface area contributed by atoms with Crippen molar-refractivity contribution in [3.8, 4) is 5.75 Å². The van der Waals surface area contributed by atoms with Gasteiger partial charge in [-0.05, 0) is 49.1 Å². The van der Waals surface area contributed by atoms with Gasteiger partial charge in [-0.25, -0.2) is 14.2 Å². The van der Waals surface area contributed by atoms with Crippen LogP contribution in [0.4, 0.5) is 4.39 Å². The Balaban J connectivity index is 0.000000439. The van der Waals surface area contributed by atoms with Crippen molar-refractivity contribution in [2.75, 3.05) is 45.9 Å². The Morgan fingerprint density at radius 3 is 2.39 bits per heavy atom. The van der Waals surface area contributed by atoms with Crippen LogP contribution >= 0.6 is 22.7 Å². The second kappa shape index (κ2) is 19.5. The molecule has 0 radical (unpaired) electrons. The fraction of sp³-hybridized carbons (Fsp3) is 0.487. The van der Waals surface area contributed by atoms with Crippen molar-refractivity contribution >= 4 is 56.7 Å². The summed E-state index contributed by atoms with van der Waals surface area (Å²) < 4.78 is 21.5. The van der Waals surface area contributed by atoms with E-state index in [0.717, 1.165) is 47.8 Å². The number of nitrogens with zero attached hydrogens (tertiary/aromatic N) is 3. The molecule has 1 spiro atoms. The number of amides is 1. The Kier molecular flexibility index (Phi) is 14.9. The van der Waals surface area contributed by atoms with E-state index in [4.69, 9.17) is 25.2 Å². The van der Waals surface area contributed by atoms with Crippen LogP contribution in [-0.2, 0) is 32.1 Å². The van der Waals surface area contributed by atoms with Gasteiger partial charge in [-0.1, -0.05) is 43.4 Å². The minimum absolute atomic E-state index is 0.0206. The van der Waals surface area contributed by atoms with Gasteiger partial charge in [-0.3, -0.25) is 24.1 Å². The molecule has 4 aromatic rings. The topological polar surface area (TPSA) is 263 Å². The number of hydrogen-bond donors (Lipinski definition) is 8. The number of aromatic nitrogens is 2. The number of aromatic hydroxyl groups is 1. The summed E-state index contributed by atoms with van der Waals surface area (Å²) in [5.74, 6) is -5.04. The summed E-state index contributed by atoms with van der Waals surface area (Å²) in [6, 6.07) is 8.32. The highest BCUT2D eigenvalue weighted by atomic mass is 32.1. The molecule has 1 amide bonds. The number of benzene rings is 2. The van der Waals surface area contributed by atoms with Gasteiger partial charge in [0.05, 0.1) is 47.4 Å². The van der Waals surface area contributed by atoms with Gasteiger partial charge in [-0.2, -0.15) is 0 Å². The third-order valence-corrected chi connectivity index (χ3v) is 12.3. The summed E-state index contributed by atoms with van der Waals surface area (Å²) in [7, 11) is 0. The molecule has 59 heavy (non-hydrogen) atoms. The van der Waals surface area contributed by atoms with Crippen LogP contribution in [0, 0.1) is 5.82 Å². The number of phenols is 1. The van der Waals surface area contributed by atoms with Crippen LogP contribution in [0.3, 0.4) is 0 Å². The van der Waals surface area contributed by atoms with Gasteiger partial charge in [-0.15, -0.1) is 11.3 Å². The van der Waals surface area contributed by atoms with Crippen LogP contribution in [-0.4, -0.2) is 131 Å². The van der Waals surface area contributed by atoms with E-state index < -0.39 is 42.5 Å². The maximum atomic E-state index is 14.7. The molecule has 6 rings (SSSR count). The zero-order valence-electron chi connectivity index (χ0n) is 32.5. The molecule has 8 N–H and O–H groups in total. The average Bonchev–Trinajstić information content (AvgIpc) is 3.83. The zero-order chi connectivity index (χ0) is 43.1. The number of carbonyl (C=O) groups excluding carboxylic acids is 1. The molecule has 0 aliphatic carbocycles. The number of nitrogens with one attached hydrogen (secondary N) is 2. The maximum Gasteiger partial charge on any atom is 0.336 e. The lowest BCUT2D eigenvalue weighted by Crippen LogP contribution is -2.58. The summed E-state index contributed by atoms with van der Waals surface area (Å²) in [6.45, 7) is 8.84. The van der Waals surface area contributed by atoms with Crippen LogP contribution in [0.25, 0.3) is 10.2 Å². The fourth-order valence-corrected chi connectivity index (χ4v) is 8.74. The minimum Gasteiger partial charge on any atom is -0.506 e. The second-order valence-corrected chi connectivity index (χ2v) is 16.9. The number of aliphatic hydroxyl groups excluding tert-OH is 1. The third kappa shape index (κ3) is 11.7. The third-order valence-electron chi connectivity index (χ3n) is 10.2. The molecule has 20 heteroatoms. The number of aliphatic hydroxyl groups is 2. The van der Waals surface area contributed by atoms with E-state index in [1.165, 1.54) is 23.5 Å². The van der Waals surface area contributed by atoms with E-state index in [2.05, 4.69) is 34.0 Å². The number of thiazole rings is 2. The first-order valence-electron chi connectivity index (χ1n) is 18.9. The number of ether oxygens (including phenoxy) is 1. The number of phenolic OH excluding ortho intramolecular Hbond substituents is 1. The van der Waals surface area contributed by atoms with Gasteiger partial charge < -0.3 is 50.6 Å². The smallest absolute Gasteiger partial charge is 0.336 e. The summed E-state index contributed by atoms with van der Waals surface area (Å²) in [6.07, 6.45) is -1.09. The molecule has 0 saturated carbocycles. The van der Waals surface area contributed by atoms with Crippen molar-refractivity contribution in [1.29, 1.82) is 0 Å². The lowest BCUT2D eigenvalue weighted by molar-refractivity contribution is -0.170. The first kappa shape index (κ1) is 45.3. The van der Waals surface area contributed by atoms with Gasteiger partial charge in [0.15, 0.2) is 5.60 Å². The van der Waals surface area contributed by atoms with Crippen molar-refractivity contribution in [3.05, 3.63) is 78.6 Å². The Bertz CT molecular complexity index is 2180. The van der Waals surface area contributed by atoms with Crippen molar-refractivity contribution < 1.29 is 58.9 Å². The van der Waals surface area contributed by atoms with Crippen LogP contribution in [0.2, 0.25) is 0 Å². The largest absolute Gasteiger partial charge is 0.506 e. The van der Waals surface area contributed by atoms with E-state index >= 15 is 0 Å². The van der Waals surface area contributed by atoms with Crippen molar-refractivity contribution in [2.45, 2.75) is 75.7 Å². The maximum absolute atomic E-state index is 14.7. The van der Waals surface area contributed by atoms with Gasteiger partial charge >= 0.3 is 22.8 Å². The first-order chi connectivity index (χ1) is 27.9. The van der Waals surface area contributed by atoms with E-state index in [9.17, 15) is 38.6 Å². The molecular formula is C39H48FN5O12S2. The summed E-state index contributed by atoms with van der Waals surface area (Å²) in [5, 5.41) is 60.6. The number of halogens is 1. The van der Waals surface area contributed by atoms with Gasteiger partial charge in [0.2, 0.25) is 0 Å². The number of carbonyl (C=O) groups is 4. The van der Waals surface area contributed by atoms with Crippen molar-refractivity contribution in [3.63, 3.8) is 0 Å². The van der Waals surface area contributed by atoms with Crippen LogP contribution in [0.1, 0.15) is 83.7 Å². The highest BCUT2D eigenvalue weighted by Gasteiger charge is 2.42. The number of hydrogen-bond acceptors (Lipinski definition) is 14. The quantitative estimate of drug-likeness (QED) is 0.0799. The number of aliphatic carboxylic acids is 3. The number of aromatic amines is 1. The summed E-state index contributed by atoms with van der Waals surface area (Å²) in [4.78, 5) is 66.6. The number of carboxylic acids is 3. The molecule has 0 unspecified atom stereocenters. The van der Waals surface area contributed by atoms with E-state index in [0.29, 0.717) is 72.2 Å². The van der Waals surface area contributed by atoms with Crippen LogP contribution in [0.5, 0.6) is 5.75 Å². The highest BCUT2D eigenvalue weighted by molar-refractivity contribution is 7.16. The molecule has 2 saturated heterocycles. The average molecular weight is 862 g/mol. The van der Waals surface area contributed by atoms with E-state index in [-0.39, 0.29) is 34.5 Å². The number of likely N-dealkylation sites (tertiary alicyclic amines) is 1. The summed E-state index contributed by atoms with van der Waals surface area (Å²) >= 11 is 2.48. The normalized spacial score (nSPS) is 16.2. The van der Waals surface area contributed by atoms with Crippen molar-refractivity contribution in [1.82, 2.24) is 25.1 Å². The first-order valence-corrected chi connectivity index (χ1v) is 20.6. The molecule has 2 fully saturated rings. The summed E-state index contributed by atoms with van der Waals surface area (Å²) in [5.41, 5.74) is -0.0455. The van der Waals surface area contributed by atoms with Gasteiger partial charge in [0.1, 0.15) is 22.8 Å². The monoisotopic (exact) mass is 861 g/mol. The van der Waals surface area contributed by atoms with Gasteiger partial charge in [0, 0.05) is 49.6 Å². The number of fused-ring (bicyclic) bond motifs is 1. The number of rotatable bonds is 15. The molecule has 320 valence electrons. The molecule has 2 aromatic heterocycles. The molecule has 4 heterocycles. The predicted molar refractivity (Wildman–Crippen MR) is 214 cm³/mol. The predicted octanol–water partition coefficient (Wildman–Crippen LogP) is 3.14. The van der Waals surface area contributed by atoms with Crippen LogP contribution < -0.4 is 10.2 Å². The zero-order valence-corrected chi connectivity index (χ0v) is 34.1. The number of H-pyrrole nitrogens is 1. The second-order valence-electron chi connectivity index (χ2n) is 15.0. The Labute approximate surface area is 345 Å². The molecule has 1 atom stereocenters. The SMILES string of the molecule is CC(C)c1nc(C(=O)N2CCOC3(CCN(Cc4ccc(F)c(CCNC[C@H](O)c5ccc(O)c6[nH]c(=O)sc56)c4)CC3)C2)cs1.O=C(O)CC(O)(CC(=O)O)C(=O)O. The Morgan fingerprint density at radius 1 is 1.07 bits per heavy atom. The fourth-order valence-electron chi connectivity index (χ4n) is 7.02. The van der Waals surface area contributed by atoms with Crippen molar-refractivity contribution in [2.24, 2.45) is 0 Å². The lowest BCUT2D eigenvalue weighted by Gasteiger charge is -2.47. The van der Waals surface area contributed by atoms with E-state index in [1.54, 1.807) is 6.07 Å². The minimum atomic E-state index is -2.74. The molecule has 0 bridgehead atoms. The highest BCUT2D eigenvalue weighted by Crippen LogP contribution is 2.33. The molecule has 17 nitrogen and oxygen atoms in total. The van der Waals surface area contributed by atoms with E-state index in [1.807, 2.05) is 22.4 Å². The molecule has 2 aliphatic heterocycles. The lowest BCUT2D eigenvalue weighted by atomic mass is 9.89. The molecule has 2 aromatic carbocycles. The standard InChI is InChI=1S/C33H40FN5O5S2.C6H8O7/c1-20(2)30-36-25(18-45-30)31(42)39-13-14-44-33(19-39)8-11-38(12-9-33)17-21-3-5-24(34)22(15-21)7-10-35-16-27(41)23-4-6-26(40)28-29(23)46-32(43)37-28;7-3(8)1-6(13,5(11)12)2-4(9)10/h3-6,15,18,20,27,35,40-41H,7-14,16-17,19H2,1-2H3,(H,37,43);13H,1-2H2,(H,7,8)(H,9,10)(H,11,12)/t27-;/m0./s1. The molecule has 2 aliphatic rings. The Hall–Kier alpha value is -4.83. The number of carboxylic acid groups (broad SMARTS) is 3. The van der Waals surface area contributed by atoms with Crippen LogP contribution in [0.15, 0.2) is 40.5 Å².